The number of hydrogen-bond donors (Lipinski definition) is 0. The van der Waals surface area contributed by atoms with Crippen LogP contribution in [0.4, 0.5) is 5.82 Å². The minimum absolute atomic E-state index is 0.00248. The molecule has 4 rings (SSSR count). The van der Waals surface area contributed by atoms with Crippen molar-refractivity contribution in [2.75, 3.05) is 31.1 Å². The maximum Gasteiger partial charge on any atom is 0.246 e. The first-order valence-corrected chi connectivity index (χ1v) is 8.56. The highest BCUT2D eigenvalue weighted by Gasteiger charge is 2.22. The van der Waals surface area contributed by atoms with E-state index in [-0.39, 0.29) is 12.5 Å². The molecule has 0 saturated carbocycles. The summed E-state index contributed by atoms with van der Waals surface area (Å²) in [4.78, 5) is 22.3. The first-order valence-electron chi connectivity index (χ1n) is 8.56. The highest BCUT2D eigenvalue weighted by atomic mass is 16.2. The monoisotopic (exact) mass is 349 g/mol. The molecule has 0 unspecified atom stereocenters. The van der Waals surface area contributed by atoms with Crippen molar-refractivity contribution in [1.82, 2.24) is 30.1 Å². The van der Waals surface area contributed by atoms with E-state index in [0.29, 0.717) is 18.9 Å². The van der Waals surface area contributed by atoms with Gasteiger partial charge in [-0.25, -0.2) is 4.98 Å². The van der Waals surface area contributed by atoms with E-state index in [1.165, 1.54) is 4.80 Å². The lowest BCUT2D eigenvalue weighted by Crippen LogP contribution is -2.50. The molecule has 1 aliphatic heterocycles. The Morgan fingerprint density at radius 1 is 0.962 bits per heavy atom. The minimum Gasteiger partial charge on any atom is -0.353 e. The van der Waals surface area contributed by atoms with Crippen molar-refractivity contribution in [3.63, 3.8) is 0 Å². The molecule has 1 saturated heterocycles. The van der Waals surface area contributed by atoms with Crippen LogP contribution in [0.2, 0.25) is 0 Å². The molecule has 0 bridgehead atoms. The lowest BCUT2D eigenvalue weighted by atomic mass is 10.2. The lowest BCUT2D eigenvalue weighted by Gasteiger charge is -2.35. The first kappa shape index (κ1) is 16.2. The fourth-order valence-corrected chi connectivity index (χ4v) is 2.96. The summed E-state index contributed by atoms with van der Waals surface area (Å²) in [6, 6.07) is 15.5. The van der Waals surface area contributed by atoms with Crippen LogP contribution in [0, 0.1) is 0 Å². The van der Waals surface area contributed by atoms with Crippen molar-refractivity contribution in [3.05, 3.63) is 54.7 Å². The molecule has 0 spiro atoms. The van der Waals surface area contributed by atoms with Crippen LogP contribution in [0.15, 0.2) is 54.7 Å². The van der Waals surface area contributed by atoms with Gasteiger partial charge in [0.05, 0.1) is 0 Å². The molecule has 0 radical (unpaired) electrons. The summed E-state index contributed by atoms with van der Waals surface area (Å²) in [5.41, 5.74) is 0.884. The van der Waals surface area contributed by atoms with Gasteiger partial charge in [0.2, 0.25) is 11.7 Å². The van der Waals surface area contributed by atoms with Crippen molar-refractivity contribution < 1.29 is 4.79 Å². The van der Waals surface area contributed by atoms with E-state index in [4.69, 9.17) is 0 Å². The van der Waals surface area contributed by atoms with E-state index in [1.807, 2.05) is 53.4 Å². The van der Waals surface area contributed by atoms with Crippen LogP contribution in [0.3, 0.4) is 0 Å². The molecule has 3 heterocycles. The normalized spacial score (nSPS) is 14.5. The lowest BCUT2D eigenvalue weighted by molar-refractivity contribution is -0.132. The highest BCUT2D eigenvalue weighted by molar-refractivity contribution is 5.76. The molecular weight excluding hydrogens is 330 g/mol. The third-order valence-electron chi connectivity index (χ3n) is 4.37. The summed E-state index contributed by atoms with van der Waals surface area (Å²) in [6.07, 6.45) is 1.79. The number of carbonyl (C=O) groups excluding carboxylic acids is 1. The van der Waals surface area contributed by atoms with Crippen molar-refractivity contribution in [2.24, 2.45) is 0 Å². The van der Waals surface area contributed by atoms with Crippen LogP contribution in [0.25, 0.3) is 11.4 Å². The summed E-state index contributed by atoms with van der Waals surface area (Å²) < 4.78 is 0. The molecule has 8 nitrogen and oxygen atoms in total. The highest BCUT2D eigenvalue weighted by Crippen LogP contribution is 2.14. The second-order valence-electron chi connectivity index (χ2n) is 6.07. The number of rotatable bonds is 4. The van der Waals surface area contributed by atoms with Gasteiger partial charge in [-0.1, -0.05) is 36.4 Å². The Morgan fingerprint density at radius 3 is 2.46 bits per heavy atom. The van der Waals surface area contributed by atoms with Gasteiger partial charge in [0, 0.05) is 37.9 Å². The molecular formula is C18H19N7O. The standard InChI is InChI=1S/C18H19N7O/c26-17(14-25-21-18(20-22-25)15-6-2-1-3-7-15)24-12-10-23(11-13-24)16-8-4-5-9-19-16/h1-9H,10-14H2. The van der Waals surface area contributed by atoms with Crippen molar-refractivity contribution in [2.45, 2.75) is 6.54 Å². The largest absolute Gasteiger partial charge is 0.353 e. The SMILES string of the molecule is O=C(Cn1nnc(-c2ccccc2)n1)N1CCN(c2ccccn2)CC1. The quantitative estimate of drug-likeness (QED) is 0.701. The predicted octanol–water partition coefficient (Wildman–Crippen LogP) is 1.08. The molecule has 0 aliphatic carbocycles. The fourth-order valence-electron chi connectivity index (χ4n) is 2.96. The van der Waals surface area contributed by atoms with Gasteiger partial charge in [0.15, 0.2) is 0 Å². The van der Waals surface area contributed by atoms with Crippen molar-refractivity contribution in [1.29, 1.82) is 0 Å². The Balaban J connectivity index is 1.34. The van der Waals surface area contributed by atoms with Gasteiger partial charge >= 0.3 is 0 Å². The average Bonchev–Trinajstić information content (AvgIpc) is 3.18. The summed E-state index contributed by atoms with van der Waals surface area (Å²) in [5, 5.41) is 12.3. The molecule has 0 atom stereocenters. The van der Waals surface area contributed by atoms with Crippen LogP contribution in [-0.2, 0) is 11.3 Å². The molecule has 132 valence electrons. The van der Waals surface area contributed by atoms with Crippen LogP contribution in [0.1, 0.15) is 0 Å². The van der Waals surface area contributed by atoms with Gasteiger partial charge in [-0.2, -0.15) is 4.80 Å². The van der Waals surface area contributed by atoms with Crippen molar-refractivity contribution in [3.8, 4) is 11.4 Å². The molecule has 1 aliphatic rings. The van der Waals surface area contributed by atoms with E-state index in [0.717, 1.165) is 24.5 Å². The van der Waals surface area contributed by atoms with Gasteiger partial charge in [-0.15, -0.1) is 10.2 Å². The molecule has 26 heavy (non-hydrogen) atoms. The second-order valence-corrected chi connectivity index (χ2v) is 6.07. The maximum absolute atomic E-state index is 12.5. The molecule has 3 aromatic rings. The number of amides is 1. The molecule has 8 heteroatoms. The number of piperazine rings is 1. The minimum atomic E-state index is 0.00248. The molecule has 0 N–H and O–H groups in total. The molecule has 1 amide bonds. The first-order chi connectivity index (χ1) is 12.8. The third-order valence-corrected chi connectivity index (χ3v) is 4.37. The Morgan fingerprint density at radius 2 is 1.73 bits per heavy atom. The third kappa shape index (κ3) is 3.53. The zero-order valence-electron chi connectivity index (χ0n) is 14.3. The molecule has 1 aromatic carbocycles. The number of pyridine rings is 1. The zero-order valence-corrected chi connectivity index (χ0v) is 14.3. The number of anilines is 1. The summed E-state index contributed by atoms with van der Waals surface area (Å²) in [7, 11) is 0. The Labute approximate surface area is 151 Å². The van der Waals surface area contributed by atoms with E-state index >= 15 is 0 Å². The topological polar surface area (TPSA) is 80.0 Å². The van der Waals surface area contributed by atoms with Crippen LogP contribution < -0.4 is 4.90 Å². The fraction of sp³-hybridized carbons (Fsp3) is 0.278. The van der Waals surface area contributed by atoms with E-state index in [9.17, 15) is 4.79 Å². The molecule has 2 aromatic heterocycles. The number of nitrogens with zero attached hydrogens (tertiary/aromatic N) is 7. The second kappa shape index (κ2) is 7.30. The number of carbonyl (C=O) groups is 1. The van der Waals surface area contributed by atoms with Crippen molar-refractivity contribution >= 4 is 11.7 Å². The summed E-state index contributed by atoms with van der Waals surface area (Å²) in [5.74, 6) is 1.48. The number of hydrogen-bond acceptors (Lipinski definition) is 6. The van der Waals surface area contributed by atoms with E-state index in [2.05, 4.69) is 25.3 Å². The van der Waals surface area contributed by atoms with Gasteiger partial charge in [0.1, 0.15) is 12.4 Å². The number of tetrazole rings is 1. The van der Waals surface area contributed by atoms with Crippen LogP contribution in [0.5, 0.6) is 0 Å². The summed E-state index contributed by atoms with van der Waals surface area (Å²) in [6.45, 7) is 2.96. The van der Waals surface area contributed by atoms with Crippen LogP contribution in [-0.4, -0.2) is 62.2 Å². The van der Waals surface area contributed by atoms with Gasteiger partial charge in [-0.3, -0.25) is 4.79 Å². The zero-order chi connectivity index (χ0) is 17.8. The smallest absolute Gasteiger partial charge is 0.246 e. The number of aromatic nitrogens is 5. The van der Waals surface area contributed by atoms with E-state index in [1.54, 1.807) is 6.20 Å². The van der Waals surface area contributed by atoms with Gasteiger partial charge in [-0.05, 0) is 17.3 Å². The van der Waals surface area contributed by atoms with E-state index < -0.39 is 0 Å². The maximum atomic E-state index is 12.5. The summed E-state index contributed by atoms with van der Waals surface area (Å²) >= 11 is 0. The Kier molecular flexibility index (Phi) is 4.55. The Bertz CT molecular complexity index is 858. The molecule has 1 fully saturated rings. The van der Waals surface area contributed by atoms with Crippen LogP contribution >= 0.6 is 0 Å². The Hall–Kier alpha value is -3.29. The predicted molar refractivity (Wildman–Crippen MR) is 96.3 cm³/mol. The average molecular weight is 349 g/mol. The number of benzene rings is 1. The van der Waals surface area contributed by atoms with Gasteiger partial charge < -0.3 is 9.80 Å². The van der Waals surface area contributed by atoms with Gasteiger partial charge in [0.25, 0.3) is 0 Å².